The van der Waals surface area contributed by atoms with Crippen molar-refractivity contribution in [1.29, 1.82) is 0 Å². The molecule has 296 valence electrons. The molecule has 4 fully saturated rings. The second-order valence-corrected chi connectivity index (χ2v) is 27.3. The van der Waals surface area contributed by atoms with E-state index in [2.05, 4.69) is 115 Å². The van der Waals surface area contributed by atoms with Crippen LogP contribution in [0.5, 0.6) is 0 Å². The molecule has 0 aromatic heterocycles. The number of fused-ring (bicyclic) bond motifs is 4. The molecule has 0 radical (unpaired) electrons. The van der Waals surface area contributed by atoms with Crippen LogP contribution in [0.1, 0.15) is 108 Å². The molecule has 0 spiro atoms. The van der Waals surface area contributed by atoms with Crippen molar-refractivity contribution in [2.45, 2.75) is 205 Å². The average molecular weight is 767 g/mol. The third-order valence-electron chi connectivity index (χ3n) is 12.4. The molecule has 52 heavy (non-hydrogen) atoms. The molecule has 16 heteroatoms. The lowest BCUT2D eigenvalue weighted by Gasteiger charge is -2.45. The van der Waals surface area contributed by atoms with E-state index < -0.39 is 65.3 Å². The molecule has 4 rings (SSSR count). The molecule has 2 saturated heterocycles. The van der Waals surface area contributed by atoms with Crippen LogP contribution in [0.3, 0.4) is 0 Å². The number of esters is 2. The smallest absolute Gasteiger partial charge is 0.312 e. The number of carbonyl (C=O) groups is 2. The lowest BCUT2D eigenvalue weighted by atomic mass is 9.82. The topological polar surface area (TPSA) is 187 Å². The molecule has 4 aliphatic rings. The highest BCUT2D eigenvalue weighted by atomic mass is 28.4. The van der Waals surface area contributed by atoms with Crippen LogP contribution in [0.4, 0.5) is 0 Å². The quantitative estimate of drug-likeness (QED) is 0.0550. The van der Waals surface area contributed by atoms with Gasteiger partial charge in [0.15, 0.2) is 16.6 Å². The zero-order chi connectivity index (χ0) is 39.4. The summed E-state index contributed by atoms with van der Waals surface area (Å²) in [4.78, 5) is 30.9. The zero-order valence-electron chi connectivity index (χ0n) is 34.1. The molecule has 2 aliphatic heterocycles. The van der Waals surface area contributed by atoms with Gasteiger partial charge in [0.2, 0.25) is 0 Å². The van der Waals surface area contributed by atoms with Gasteiger partial charge >= 0.3 is 11.9 Å². The average Bonchev–Trinajstić information content (AvgIpc) is 3.58. The summed E-state index contributed by atoms with van der Waals surface area (Å²) in [6.07, 6.45) is 1.94. The van der Waals surface area contributed by atoms with Crippen molar-refractivity contribution in [3.05, 3.63) is 20.9 Å². The lowest BCUT2D eigenvalue weighted by molar-refractivity contribution is -0.146. The second-order valence-electron chi connectivity index (χ2n) is 17.8. The number of azide groups is 2. The Balaban J connectivity index is 0.000000280. The fourth-order valence-corrected chi connectivity index (χ4v) is 9.61. The predicted octanol–water partition coefficient (Wildman–Crippen LogP) is 9.15. The Kier molecular flexibility index (Phi) is 14.9. The van der Waals surface area contributed by atoms with E-state index >= 15 is 0 Å². The molecule has 0 N–H and O–H groups in total. The van der Waals surface area contributed by atoms with E-state index in [4.69, 9.17) is 38.9 Å². The monoisotopic (exact) mass is 766 g/mol. The van der Waals surface area contributed by atoms with Gasteiger partial charge in [0, 0.05) is 22.7 Å². The first kappa shape index (κ1) is 44.2. The summed E-state index contributed by atoms with van der Waals surface area (Å²) in [7, 11) is -4.30. The summed E-state index contributed by atoms with van der Waals surface area (Å²) in [5.74, 6) is -1.21. The van der Waals surface area contributed by atoms with Crippen LogP contribution in [-0.4, -0.2) is 89.5 Å². The van der Waals surface area contributed by atoms with Crippen molar-refractivity contribution in [1.82, 2.24) is 0 Å². The van der Waals surface area contributed by atoms with Crippen molar-refractivity contribution in [2.75, 3.05) is 0 Å². The van der Waals surface area contributed by atoms with Crippen LogP contribution in [-0.2, 0) is 37.4 Å². The number of carbonyl (C=O) groups excluding carboxylic acids is 2. The van der Waals surface area contributed by atoms with Crippen LogP contribution in [0, 0.1) is 11.8 Å². The third kappa shape index (κ3) is 9.73. The fourth-order valence-electron chi connectivity index (χ4n) is 6.94. The van der Waals surface area contributed by atoms with E-state index in [9.17, 15) is 9.59 Å². The van der Waals surface area contributed by atoms with Gasteiger partial charge in [-0.05, 0) is 73.0 Å². The molecular weight excluding hydrogens is 701 g/mol. The predicted molar refractivity (Wildman–Crippen MR) is 204 cm³/mol. The Morgan fingerprint density at radius 1 is 0.654 bits per heavy atom. The summed E-state index contributed by atoms with van der Waals surface area (Å²) in [5, 5.41) is 7.91. The maximum absolute atomic E-state index is 12.4. The molecule has 2 saturated carbocycles. The Labute approximate surface area is 313 Å². The highest BCUT2D eigenvalue weighted by molar-refractivity contribution is 6.74. The van der Waals surface area contributed by atoms with Crippen LogP contribution >= 0.6 is 0 Å². The van der Waals surface area contributed by atoms with Gasteiger partial charge in [-0.25, -0.2) is 0 Å². The summed E-state index contributed by atoms with van der Waals surface area (Å²) >= 11 is 0. The van der Waals surface area contributed by atoms with Gasteiger partial charge in [0.25, 0.3) is 0 Å². The van der Waals surface area contributed by atoms with Crippen LogP contribution in [0.15, 0.2) is 10.2 Å². The largest absolute Gasteiger partial charge is 0.462 e. The van der Waals surface area contributed by atoms with Crippen molar-refractivity contribution in [2.24, 2.45) is 22.1 Å². The first-order chi connectivity index (χ1) is 24.1. The number of ether oxygens (including phenoxy) is 4. The Morgan fingerprint density at radius 3 is 1.21 bits per heavy atom. The maximum atomic E-state index is 12.4. The molecule has 2 aliphatic carbocycles. The van der Waals surface area contributed by atoms with E-state index in [1.165, 1.54) is 0 Å². The van der Waals surface area contributed by atoms with E-state index in [1.54, 1.807) is 0 Å². The number of hydrogen-bond donors (Lipinski definition) is 0. The van der Waals surface area contributed by atoms with Crippen molar-refractivity contribution < 1.29 is 37.4 Å². The van der Waals surface area contributed by atoms with Crippen LogP contribution in [0.25, 0.3) is 20.9 Å². The number of nitrogens with zero attached hydrogens (tertiary/aromatic N) is 6. The Bertz CT molecular complexity index is 1230. The molecule has 10 atom stereocenters. The second kappa shape index (κ2) is 17.5. The first-order valence-electron chi connectivity index (χ1n) is 19.3. The Morgan fingerprint density at radius 2 is 0.962 bits per heavy atom. The SMILES string of the molecule is CCC(CC)O[C@H]1[C@H](N=[N+]=[N-])[C@H]2C[C@H](C(=O)O2)[C@@H]1O[Si](C)(C)C(C)(C)C.CCC(CC)O[C@H]1[C@H](N=[N+]=[N-])[C@H]2C[C@H](C(=O)O2)[C@@H]1O[Si](C)(C)C(C)(C)C. The van der Waals surface area contributed by atoms with Crippen molar-refractivity contribution >= 4 is 28.6 Å². The van der Waals surface area contributed by atoms with Crippen molar-refractivity contribution in [3.63, 3.8) is 0 Å². The number of rotatable bonds is 14. The Hall–Kier alpha value is -2.17. The molecular formula is C36H66N6O8Si2. The van der Waals surface area contributed by atoms with Crippen molar-refractivity contribution in [3.8, 4) is 0 Å². The molecule has 0 amide bonds. The minimum absolute atomic E-state index is 0.000184. The van der Waals surface area contributed by atoms with Gasteiger partial charge in [0.05, 0.1) is 48.5 Å². The van der Waals surface area contributed by atoms with Gasteiger partial charge < -0.3 is 27.8 Å². The lowest BCUT2D eigenvalue weighted by Crippen LogP contribution is -2.57. The van der Waals surface area contributed by atoms with Gasteiger partial charge in [-0.15, -0.1) is 0 Å². The molecule has 0 unspecified atom stereocenters. The summed E-state index contributed by atoms with van der Waals surface area (Å²) in [6.45, 7) is 29.9. The van der Waals surface area contributed by atoms with E-state index in [0.29, 0.717) is 12.8 Å². The summed E-state index contributed by atoms with van der Waals surface area (Å²) < 4.78 is 37.0. The minimum Gasteiger partial charge on any atom is -0.462 e. The number of hydrogen-bond acceptors (Lipinski definition) is 10. The molecule has 4 bridgehead atoms. The first-order valence-corrected chi connectivity index (χ1v) is 25.1. The van der Waals surface area contributed by atoms with Gasteiger partial charge in [-0.2, -0.15) is 0 Å². The standard InChI is InChI=1S/2C18H33N3O4Si/c2*1-8-11(9-2)23-16-14(20-21-19)13-10-12(17(22)24-13)15(16)25-26(6,7)18(3,4)5/h2*11-16H,8-10H2,1-7H3/t2*12-,13+,14+,15-,16-/m00/s1. The van der Waals surface area contributed by atoms with E-state index in [0.717, 1.165) is 25.7 Å². The zero-order valence-corrected chi connectivity index (χ0v) is 36.1. The van der Waals surface area contributed by atoms with Crippen LogP contribution in [0.2, 0.25) is 36.3 Å². The normalized spacial score (nSPS) is 31.7. The molecule has 14 nitrogen and oxygen atoms in total. The van der Waals surface area contributed by atoms with Gasteiger partial charge in [-0.3, -0.25) is 9.59 Å². The molecule has 2 heterocycles. The van der Waals surface area contributed by atoms with Gasteiger partial charge in [0.1, 0.15) is 24.3 Å². The van der Waals surface area contributed by atoms with Gasteiger partial charge in [-0.1, -0.05) is 79.5 Å². The summed E-state index contributed by atoms with van der Waals surface area (Å²) in [6, 6.07) is -1.09. The highest BCUT2D eigenvalue weighted by Gasteiger charge is 2.59. The van der Waals surface area contributed by atoms with E-state index in [-0.39, 0.29) is 46.1 Å². The van der Waals surface area contributed by atoms with E-state index in [1.807, 2.05) is 0 Å². The van der Waals surface area contributed by atoms with Crippen LogP contribution < -0.4 is 0 Å². The fraction of sp³-hybridized carbons (Fsp3) is 0.944. The highest BCUT2D eigenvalue weighted by Crippen LogP contribution is 2.47. The third-order valence-corrected chi connectivity index (χ3v) is 21.3. The maximum Gasteiger partial charge on any atom is 0.312 e. The molecule has 0 aromatic carbocycles. The molecule has 0 aromatic rings. The minimum atomic E-state index is -2.15. The summed E-state index contributed by atoms with van der Waals surface area (Å²) in [5.41, 5.74) is 18.1.